The van der Waals surface area contributed by atoms with Crippen LogP contribution in [-0.2, 0) is 14.8 Å². The van der Waals surface area contributed by atoms with Gasteiger partial charge in [-0.15, -0.1) is 0 Å². The van der Waals surface area contributed by atoms with Gasteiger partial charge in [-0.25, -0.2) is 13.8 Å². The predicted molar refractivity (Wildman–Crippen MR) is 133 cm³/mol. The van der Waals surface area contributed by atoms with Crippen molar-refractivity contribution in [3.8, 4) is 0 Å². The molecule has 176 valence electrons. The number of benzene rings is 3. The molecule has 0 bridgehead atoms. The van der Waals surface area contributed by atoms with E-state index in [0.717, 1.165) is 37.6 Å². The van der Waals surface area contributed by atoms with E-state index in [4.69, 9.17) is 16.3 Å². The Hall–Kier alpha value is -3.40. The summed E-state index contributed by atoms with van der Waals surface area (Å²) >= 11 is 5.84. The molecule has 1 fully saturated rings. The van der Waals surface area contributed by atoms with Crippen LogP contribution in [0.2, 0.25) is 5.02 Å². The van der Waals surface area contributed by atoms with Crippen molar-refractivity contribution in [3.63, 3.8) is 0 Å². The van der Waals surface area contributed by atoms with Crippen LogP contribution in [0.4, 0.5) is 11.4 Å². The zero-order valence-corrected chi connectivity index (χ0v) is 19.7. The molecule has 34 heavy (non-hydrogen) atoms. The second kappa shape index (κ2) is 10.7. The Morgan fingerprint density at radius 3 is 2.41 bits per heavy atom. The number of nitrogens with one attached hydrogen (secondary N) is 2. The van der Waals surface area contributed by atoms with E-state index in [1.807, 2.05) is 24.3 Å². The summed E-state index contributed by atoms with van der Waals surface area (Å²) in [4.78, 5) is 14.7. The van der Waals surface area contributed by atoms with Gasteiger partial charge in [-0.05, 0) is 60.2 Å². The molecule has 10 heteroatoms. The summed E-state index contributed by atoms with van der Waals surface area (Å²) in [5.41, 5.74) is 4.89. The highest BCUT2D eigenvalue weighted by atomic mass is 35.5. The summed E-state index contributed by atoms with van der Waals surface area (Å²) in [7, 11) is -3.88. The van der Waals surface area contributed by atoms with Gasteiger partial charge < -0.3 is 9.64 Å². The van der Waals surface area contributed by atoms with Gasteiger partial charge in [0.25, 0.3) is 15.9 Å². The molecule has 2 N–H and O–H groups in total. The van der Waals surface area contributed by atoms with Crippen molar-refractivity contribution in [2.75, 3.05) is 35.9 Å². The van der Waals surface area contributed by atoms with Gasteiger partial charge in [0, 0.05) is 35.1 Å². The van der Waals surface area contributed by atoms with Crippen LogP contribution in [0.1, 0.15) is 15.9 Å². The first kappa shape index (κ1) is 23.7. The van der Waals surface area contributed by atoms with Crippen molar-refractivity contribution >= 4 is 45.1 Å². The van der Waals surface area contributed by atoms with E-state index in [9.17, 15) is 13.2 Å². The molecule has 0 unspecified atom stereocenters. The lowest BCUT2D eigenvalue weighted by atomic mass is 10.2. The Kier molecular flexibility index (Phi) is 7.46. The molecule has 1 amide bonds. The number of hydrogen-bond donors (Lipinski definition) is 2. The number of morpholine rings is 1. The van der Waals surface area contributed by atoms with Crippen LogP contribution in [0.3, 0.4) is 0 Å². The number of carbonyl (C=O) groups excluding carboxylic acids is 1. The molecule has 1 aliphatic rings. The highest BCUT2D eigenvalue weighted by Crippen LogP contribution is 2.19. The third-order valence-corrected chi connectivity index (χ3v) is 6.78. The minimum atomic E-state index is -3.88. The fourth-order valence-electron chi connectivity index (χ4n) is 3.36. The topological polar surface area (TPSA) is 100 Å². The van der Waals surface area contributed by atoms with Crippen LogP contribution in [0.15, 0.2) is 82.8 Å². The highest BCUT2D eigenvalue weighted by molar-refractivity contribution is 7.92. The third-order valence-electron chi connectivity index (χ3n) is 5.15. The maximum atomic E-state index is 12.7. The normalized spacial score (nSPS) is 14.2. The summed E-state index contributed by atoms with van der Waals surface area (Å²) in [6, 6.07) is 19.8. The van der Waals surface area contributed by atoms with Crippen LogP contribution in [0.5, 0.6) is 0 Å². The van der Waals surface area contributed by atoms with E-state index >= 15 is 0 Å². The van der Waals surface area contributed by atoms with Crippen molar-refractivity contribution in [3.05, 3.63) is 88.9 Å². The van der Waals surface area contributed by atoms with Gasteiger partial charge in [-0.3, -0.25) is 9.52 Å². The highest BCUT2D eigenvalue weighted by Gasteiger charge is 2.16. The molecule has 0 spiro atoms. The second-order valence-corrected chi connectivity index (χ2v) is 9.65. The molecule has 0 atom stereocenters. The van der Waals surface area contributed by atoms with E-state index in [0.29, 0.717) is 10.7 Å². The summed E-state index contributed by atoms with van der Waals surface area (Å²) in [5.74, 6) is -0.523. The number of anilines is 2. The van der Waals surface area contributed by atoms with Crippen LogP contribution in [0.25, 0.3) is 0 Å². The monoisotopic (exact) mass is 498 g/mol. The fourth-order valence-corrected chi connectivity index (χ4v) is 4.59. The zero-order valence-electron chi connectivity index (χ0n) is 18.1. The molecule has 1 saturated heterocycles. The SMILES string of the molecule is O=C(N/N=C/c1ccc(N2CCOCC2)cc1)c1cccc(S(=O)(=O)Nc2ccc(Cl)cc2)c1. The lowest BCUT2D eigenvalue weighted by molar-refractivity contribution is 0.0955. The summed E-state index contributed by atoms with van der Waals surface area (Å²) in [6.45, 7) is 3.14. The molecule has 1 aliphatic heterocycles. The van der Waals surface area contributed by atoms with E-state index in [2.05, 4.69) is 20.1 Å². The Bertz CT molecular complexity index is 1270. The van der Waals surface area contributed by atoms with E-state index in [-0.39, 0.29) is 10.5 Å². The molecule has 0 aliphatic carbocycles. The van der Waals surface area contributed by atoms with Crippen molar-refractivity contribution in [1.82, 2.24) is 5.43 Å². The number of sulfonamides is 1. The zero-order chi connectivity index (χ0) is 24.0. The minimum Gasteiger partial charge on any atom is -0.378 e. The second-order valence-electron chi connectivity index (χ2n) is 7.53. The lowest BCUT2D eigenvalue weighted by Crippen LogP contribution is -2.36. The average Bonchev–Trinajstić information content (AvgIpc) is 2.86. The number of ether oxygens (including phenoxy) is 1. The van der Waals surface area contributed by atoms with Gasteiger partial charge in [0.2, 0.25) is 0 Å². The predicted octanol–water partition coefficient (Wildman–Crippen LogP) is 3.74. The number of nitrogens with zero attached hydrogens (tertiary/aromatic N) is 2. The van der Waals surface area contributed by atoms with Crippen molar-refractivity contribution in [2.24, 2.45) is 5.10 Å². The average molecular weight is 499 g/mol. The largest absolute Gasteiger partial charge is 0.378 e. The van der Waals surface area contributed by atoms with E-state index in [1.54, 1.807) is 24.3 Å². The van der Waals surface area contributed by atoms with E-state index < -0.39 is 15.9 Å². The molecular formula is C24H23ClN4O4S. The molecule has 0 aromatic heterocycles. The molecular weight excluding hydrogens is 476 g/mol. The van der Waals surface area contributed by atoms with Gasteiger partial charge in [0.15, 0.2) is 0 Å². The number of carbonyl (C=O) groups is 1. The minimum absolute atomic E-state index is 0.0437. The van der Waals surface area contributed by atoms with Crippen LogP contribution in [-0.4, -0.2) is 46.8 Å². The maximum Gasteiger partial charge on any atom is 0.271 e. The quantitative estimate of drug-likeness (QED) is 0.382. The Labute approximate surface area is 203 Å². The van der Waals surface area contributed by atoms with Gasteiger partial charge >= 0.3 is 0 Å². The van der Waals surface area contributed by atoms with Crippen molar-refractivity contribution in [1.29, 1.82) is 0 Å². The number of halogens is 1. The van der Waals surface area contributed by atoms with Crippen LogP contribution in [0, 0.1) is 0 Å². The lowest BCUT2D eigenvalue weighted by Gasteiger charge is -2.28. The Morgan fingerprint density at radius 2 is 1.71 bits per heavy atom. The van der Waals surface area contributed by atoms with E-state index in [1.165, 1.54) is 30.5 Å². The fraction of sp³-hybridized carbons (Fsp3) is 0.167. The molecule has 3 aromatic carbocycles. The summed E-state index contributed by atoms with van der Waals surface area (Å²) in [5, 5.41) is 4.49. The molecule has 3 aromatic rings. The number of hydrogen-bond acceptors (Lipinski definition) is 6. The molecule has 1 heterocycles. The molecule has 0 saturated carbocycles. The van der Waals surface area contributed by atoms with Gasteiger partial charge in [0.1, 0.15) is 0 Å². The number of amides is 1. The summed E-state index contributed by atoms with van der Waals surface area (Å²) < 4.78 is 33.2. The molecule has 4 rings (SSSR count). The van der Waals surface area contributed by atoms with Crippen molar-refractivity contribution < 1.29 is 17.9 Å². The smallest absolute Gasteiger partial charge is 0.271 e. The Morgan fingerprint density at radius 1 is 1.00 bits per heavy atom. The standard InChI is InChI=1S/C24H23ClN4O4S/c25-20-6-8-21(9-7-20)28-34(31,32)23-3-1-2-19(16-23)24(30)27-26-17-18-4-10-22(11-5-18)29-12-14-33-15-13-29/h1-11,16-17,28H,12-15H2,(H,27,30)/b26-17+. The van der Waals surface area contributed by atoms with Crippen molar-refractivity contribution in [2.45, 2.75) is 4.90 Å². The summed E-state index contributed by atoms with van der Waals surface area (Å²) in [6.07, 6.45) is 1.53. The maximum absolute atomic E-state index is 12.7. The third kappa shape index (κ3) is 6.13. The number of hydrazone groups is 1. The molecule has 8 nitrogen and oxygen atoms in total. The number of rotatable bonds is 7. The molecule has 0 radical (unpaired) electrons. The van der Waals surface area contributed by atoms with Gasteiger partial charge in [-0.2, -0.15) is 5.10 Å². The van der Waals surface area contributed by atoms with Gasteiger partial charge in [0.05, 0.1) is 24.3 Å². The van der Waals surface area contributed by atoms with Gasteiger partial charge in [-0.1, -0.05) is 29.8 Å². The van der Waals surface area contributed by atoms with Crippen LogP contribution < -0.4 is 15.0 Å². The van der Waals surface area contributed by atoms with Crippen LogP contribution >= 0.6 is 11.6 Å². The first-order chi connectivity index (χ1) is 16.4. The first-order valence-corrected chi connectivity index (χ1v) is 12.4. The first-order valence-electron chi connectivity index (χ1n) is 10.6. The Balaban J connectivity index is 1.38.